The maximum absolute atomic E-state index is 9.55. The number of allylic oxidation sites excluding steroid dienone is 5. The highest BCUT2D eigenvalue weighted by Gasteiger charge is 2.01. The second-order valence-electron chi connectivity index (χ2n) is 4.72. The molecule has 0 saturated carbocycles. The van der Waals surface area contributed by atoms with E-state index >= 15 is 0 Å². The molecule has 0 heterocycles. The molecule has 0 amide bonds. The van der Waals surface area contributed by atoms with Crippen molar-refractivity contribution in [2.24, 2.45) is 0 Å². The first-order valence-corrected chi connectivity index (χ1v) is 7.29. The minimum Gasteiger partial charge on any atom is -0.388 e. The van der Waals surface area contributed by atoms with E-state index in [0.29, 0.717) is 5.33 Å². The van der Waals surface area contributed by atoms with Gasteiger partial charge in [-0.1, -0.05) is 45.3 Å². The molecule has 1 unspecified atom stereocenters. The summed E-state index contributed by atoms with van der Waals surface area (Å²) in [5, 5.41) is 10.2. The molecule has 0 aromatic carbocycles. The van der Waals surface area contributed by atoms with E-state index in [0.717, 1.165) is 24.8 Å². The van der Waals surface area contributed by atoms with Gasteiger partial charge in [-0.3, -0.25) is 0 Å². The smallest absolute Gasteiger partial charge is 0.0844 e. The van der Waals surface area contributed by atoms with Crippen LogP contribution in [0, 0.1) is 0 Å². The Morgan fingerprint density at radius 1 is 1.12 bits per heavy atom. The Balaban J connectivity index is 4.03. The van der Waals surface area contributed by atoms with E-state index in [1.807, 2.05) is 6.92 Å². The lowest BCUT2D eigenvalue weighted by Gasteiger charge is -2.06. The maximum Gasteiger partial charge on any atom is 0.0844 e. The number of alkyl halides is 1. The van der Waals surface area contributed by atoms with E-state index in [4.69, 9.17) is 0 Å². The second kappa shape index (κ2) is 9.67. The van der Waals surface area contributed by atoms with Crippen LogP contribution in [0.25, 0.3) is 0 Å². The highest BCUT2D eigenvalue weighted by molar-refractivity contribution is 9.09. The van der Waals surface area contributed by atoms with Crippen LogP contribution in [0.5, 0.6) is 0 Å². The fraction of sp³-hybridized carbons (Fsp3) is 0.600. The fourth-order valence-electron chi connectivity index (χ4n) is 1.39. The predicted octanol–water partition coefficient (Wildman–Crippen LogP) is 4.77. The van der Waals surface area contributed by atoms with Crippen LogP contribution >= 0.6 is 15.9 Å². The van der Waals surface area contributed by atoms with Crippen molar-refractivity contribution < 1.29 is 5.11 Å². The highest BCUT2D eigenvalue weighted by atomic mass is 79.9. The van der Waals surface area contributed by atoms with Crippen molar-refractivity contribution in [3.05, 3.63) is 34.9 Å². The third-order valence-electron chi connectivity index (χ3n) is 2.67. The van der Waals surface area contributed by atoms with E-state index in [2.05, 4.69) is 54.9 Å². The summed E-state index contributed by atoms with van der Waals surface area (Å²) in [5.74, 6) is 0. The molecule has 0 aliphatic carbocycles. The molecular formula is C15H25BrO. The third kappa shape index (κ3) is 9.37. The topological polar surface area (TPSA) is 20.2 Å². The number of aliphatic hydroxyl groups is 1. The fourth-order valence-corrected chi connectivity index (χ4v) is 1.90. The summed E-state index contributed by atoms with van der Waals surface area (Å²) >= 11 is 3.27. The average Bonchev–Trinajstić information content (AvgIpc) is 2.27. The molecule has 0 aromatic rings. The highest BCUT2D eigenvalue weighted by Crippen LogP contribution is 2.10. The molecular weight excluding hydrogens is 276 g/mol. The number of hydrogen-bond donors (Lipinski definition) is 1. The summed E-state index contributed by atoms with van der Waals surface area (Å²) in [6, 6.07) is 0. The van der Waals surface area contributed by atoms with E-state index < -0.39 is 0 Å². The quantitative estimate of drug-likeness (QED) is 0.530. The molecule has 0 fully saturated rings. The molecule has 0 saturated heterocycles. The lowest BCUT2D eigenvalue weighted by Crippen LogP contribution is -2.08. The average molecular weight is 301 g/mol. The molecule has 0 aromatic heterocycles. The van der Waals surface area contributed by atoms with Gasteiger partial charge in [-0.15, -0.1) is 0 Å². The summed E-state index contributed by atoms with van der Waals surface area (Å²) in [5.41, 5.74) is 3.84. The third-order valence-corrected chi connectivity index (χ3v) is 3.28. The molecule has 98 valence electrons. The van der Waals surface area contributed by atoms with Crippen LogP contribution in [0.4, 0.5) is 0 Å². The van der Waals surface area contributed by atoms with Crippen molar-refractivity contribution in [2.75, 3.05) is 5.33 Å². The van der Waals surface area contributed by atoms with Gasteiger partial charge in [-0.25, -0.2) is 0 Å². The Labute approximate surface area is 114 Å². The van der Waals surface area contributed by atoms with Crippen molar-refractivity contribution >= 4 is 15.9 Å². The molecule has 17 heavy (non-hydrogen) atoms. The van der Waals surface area contributed by atoms with E-state index in [-0.39, 0.29) is 6.10 Å². The lowest BCUT2D eigenvalue weighted by molar-refractivity contribution is 0.237. The van der Waals surface area contributed by atoms with Crippen molar-refractivity contribution in [3.8, 4) is 0 Å². The van der Waals surface area contributed by atoms with Gasteiger partial charge in [0, 0.05) is 5.33 Å². The van der Waals surface area contributed by atoms with Gasteiger partial charge in [0.25, 0.3) is 0 Å². The number of hydrogen-bond acceptors (Lipinski definition) is 1. The molecule has 0 radical (unpaired) electrons. The summed E-state index contributed by atoms with van der Waals surface area (Å²) in [4.78, 5) is 0. The normalized spacial score (nSPS) is 14.7. The number of rotatable bonds is 7. The molecule has 0 aliphatic heterocycles. The van der Waals surface area contributed by atoms with Gasteiger partial charge >= 0.3 is 0 Å². The Morgan fingerprint density at radius 3 is 2.29 bits per heavy atom. The van der Waals surface area contributed by atoms with Gasteiger partial charge in [0.1, 0.15) is 0 Å². The number of aliphatic hydroxyl groups excluding tert-OH is 1. The van der Waals surface area contributed by atoms with Crippen molar-refractivity contribution in [2.45, 2.75) is 53.1 Å². The zero-order valence-electron chi connectivity index (χ0n) is 11.5. The van der Waals surface area contributed by atoms with Crippen LogP contribution in [0.2, 0.25) is 0 Å². The van der Waals surface area contributed by atoms with Crippen molar-refractivity contribution in [3.63, 3.8) is 0 Å². The Morgan fingerprint density at radius 2 is 1.76 bits per heavy atom. The first-order valence-electron chi connectivity index (χ1n) is 6.17. The van der Waals surface area contributed by atoms with Crippen LogP contribution < -0.4 is 0 Å². The summed E-state index contributed by atoms with van der Waals surface area (Å²) in [6.07, 6.45) is 9.41. The van der Waals surface area contributed by atoms with Gasteiger partial charge in [0.15, 0.2) is 0 Å². The standard InChI is InChI=1S/C15H25BrO/c1-12(2)7-5-8-13(3)9-6-10-14(4)15(17)11-16/h7,9-10,15,17H,5-6,8,11H2,1-4H3/b13-9+,14-10-. The first kappa shape index (κ1) is 16.7. The van der Waals surface area contributed by atoms with E-state index in [9.17, 15) is 5.11 Å². The van der Waals surface area contributed by atoms with Gasteiger partial charge in [0.2, 0.25) is 0 Å². The van der Waals surface area contributed by atoms with Crippen LogP contribution in [-0.4, -0.2) is 16.5 Å². The van der Waals surface area contributed by atoms with Crippen LogP contribution in [0.15, 0.2) is 34.9 Å². The first-order chi connectivity index (χ1) is 7.97. The number of halogens is 1. The van der Waals surface area contributed by atoms with Crippen molar-refractivity contribution in [1.82, 2.24) is 0 Å². The van der Waals surface area contributed by atoms with Crippen molar-refractivity contribution in [1.29, 1.82) is 0 Å². The van der Waals surface area contributed by atoms with Gasteiger partial charge < -0.3 is 5.11 Å². The lowest BCUT2D eigenvalue weighted by atomic mass is 10.1. The molecule has 2 heteroatoms. The molecule has 1 N–H and O–H groups in total. The zero-order valence-corrected chi connectivity index (χ0v) is 13.0. The maximum atomic E-state index is 9.55. The predicted molar refractivity (Wildman–Crippen MR) is 80.6 cm³/mol. The van der Waals surface area contributed by atoms with Crippen LogP contribution in [0.3, 0.4) is 0 Å². The Bertz CT molecular complexity index is 296. The Kier molecular flexibility index (Phi) is 9.47. The molecule has 0 bridgehead atoms. The SMILES string of the molecule is CC(C)=CCC/C(C)=C/C/C=C(/C)C(O)CBr. The largest absolute Gasteiger partial charge is 0.388 e. The minimum absolute atomic E-state index is 0.352. The summed E-state index contributed by atoms with van der Waals surface area (Å²) in [7, 11) is 0. The molecule has 1 atom stereocenters. The second-order valence-corrected chi connectivity index (χ2v) is 5.37. The summed E-state index contributed by atoms with van der Waals surface area (Å²) < 4.78 is 0. The van der Waals surface area contributed by atoms with Crippen LogP contribution in [0.1, 0.15) is 47.0 Å². The van der Waals surface area contributed by atoms with Gasteiger partial charge in [-0.2, -0.15) is 0 Å². The van der Waals surface area contributed by atoms with Gasteiger partial charge in [0.05, 0.1) is 6.10 Å². The monoisotopic (exact) mass is 300 g/mol. The molecule has 0 rings (SSSR count). The van der Waals surface area contributed by atoms with Gasteiger partial charge in [-0.05, 0) is 52.5 Å². The minimum atomic E-state index is -0.352. The zero-order chi connectivity index (χ0) is 13.3. The molecule has 0 aliphatic rings. The van der Waals surface area contributed by atoms with E-state index in [1.165, 1.54) is 11.1 Å². The van der Waals surface area contributed by atoms with E-state index in [1.54, 1.807) is 0 Å². The Hall–Kier alpha value is -0.340. The summed E-state index contributed by atoms with van der Waals surface area (Å²) in [6.45, 7) is 8.40. The molecule has 1 nitrogen and oxygen atoms in total. The van der Waals surface area contributed by atoms with Crippen LogP contribution in [-0.2, 0) is 0 Å². The molecule has 0 spiro atoms.